The molecule has 0 bridgehead atoms. The zero-order valence-corrected chi connectivity index (χ0v) is 13.5. The summed E-state index contributed by atoms with van der Waals surface area (Å²) < 4.78 is 2.19. The third kappa shape index (κ3) is 2.94. The highest BCUT2D eigenvalue weighted by Crippen LogP contribution is 2.30. The summed E-state index contributed by atoms with van der Waals surface area (Å²) in [6, 6.07) is 5.39. The van der Waals surface area contributed by atoms with Crippen LogP contribution in [-0.4, -0.2) is 20.6 Å². The van der Waals surface area contributed by atoms with Crippen molar-refractivity contribution in [1.29, 1.82) is 0 Å². The Hall–Kier alpha value is -1.84. The lowest BCUT2D eigenvalue weighted by Crippen LogP contribution is -2.20. The Morgan fingerprint density at radius 3 is 2.57 bits per heavy atom. The van der Waals surface area contributed by atoms with E-state index >= 15 is 0 Å². The van der Waals surface area contributed by atoms with E-state index < -0.39 is 5.97 Å². The standard InChI is InChI=1S/C17H24N2O2/c1-6-17(4,5)10-19-13-9-7-8-12(16(20)21)14(13)18-15(19)11(2)3/h7-9,11H,6,10H2,1-5H3,(H,20,21). The lowest BCUT2D eigenvalue weighted by molar-refractivity contribution is 0.0699. The summed E-state index contributed by atoms with van der Waals surface area (Å²) in [7, 11) is 0. The Labute approximate surface area is 125 Å². The molecule has 4 nitrogen and oxygen atoms in total. The number of benzene rings is 1. The molecule has 0 saturated heterocycles. The quantitative estimate of drug-likeness (QED) is 0.892. The van der Waals surface area contributed by atoms with Crippen LogP contribution < -0.4 is 0 Å². The Kier molecular flexibility index (Phi) is 4.08. The third-order valence-corrected chi connectivity index (χ3v) is 4.10. The van der Waals surface area contributed by atoms with Crippen molar-refractivity contribution in [2.45, 2.75) is 53.5 Å². The van der Waals surface area contributed by atoms with E-state index in [1.807, 2.05) is 6.07 Å². The van der Waals surface area contributed by atoms with Gasteiger partial charge in [-0.05, 0) is 24.0 Å². The lowest BCUT2D eigenvalue weighted by Gasteiger charge is -2.25. The fourth-order valence-corrected chi connectivity index (χ4v) is 2.48. The van der Waals surface area contributed by atoms with E-state index in [2.05, 4.69) is 44.2 Å². The molecule has 0 unspecified atom stereocenters. The molecular weight excluding hydrogens is 264 g/mol. The van der Waals surface area contributed by atoms with Gasteiger partial charge in [-0.2, -0.15) is 0 Å². The summed E-state index contributed by atoms with van der Waals surface area (Å²) >= 11 is 0. The molecule has 0 saturated carbocycles. The van der Waals surface area contributed by atoms with Gasteiger partial charge < -0.3 is 9.67 Å². The molecule has 0 aliphatic heterocycles. The highest BCUT2D eigenvalue weighted by atomic mass is 16.4. The summed E-state index contributed by atoms with van der Waals surface area (Å²) in [5, 5.41) is 9.35. The fraction of sp³-hybridized carbons (Fsp3) is 0.529. The van der Waals surface area contributed by atoms with Crippen LogP contribution in [0.15, 0.2) is 18.2 Å². The van der Waals surface area contributed by atoms with Crippen LogP contribution >= 0.6 is 0 Å². The number of rotatable bonds is 5. The smallest absolute Gasteiger partial charge is 0.337 e. The second-order valence-electron chi connectivity index (χ2n) is 6.71. The van der Waals surface area contributed by atoms with Crippen molar-refractivity contribution >= 4 is 17.0 Å². The molecule has 1 aromatic heterocycles. The molecule has 0 aliphatic rings. The molecular formula is C17H24N2O2. The highest BCUT2D eigenvalue weighted by Gasteiger charge is 2.23. The first-order chi connectivity index (χ1) is 9.76. The maximum Gasteiger partial charge on any atom is 0.337 e. The Bertz CT molecular complexity index is 669. The molecule has 0 aliphatic carbocycles. The molecule has 1 N–H and O–H groups in total. The molecule has 21 heavy (non-hydrogen) atoms. The summed E-state index contributed by atoms with van der Waals surface area (Å²) in [4.78, 5) is 16.0. The van der Waals surface area contributed by atoms with E-state index in [-0.39, 0.29) is 16.9 Å². The molecule has 0 radical (unpaired) electrons. The highest BCUT2D eigenvalue weighted by molar-refractivity contribution is 6.01. The Morgan fingerprint density at radius 1 is 1.38 bits per heavy atom. The summed E-state index contributed by atoms with van der Waals surface area (Å²) in [6.07, 6.45) is 1.06. The summed E-state index contributed by atoms with van der Waals surface area (Å²) in [5.74, 6) is 0.294. The number of carbonyl (C=O) groups is 1. The van der Waals surface area contributed by atoms with Crippen LogP contribution in [0.3, 0.4) is 0 Å². The van der Waals surface area contributed by atoms with Crippen LogP contribution in [0.1, 0.15) is 63.1 Å². The number of hydrogen-bond acceptors (Lipinski definition) is 2. The van der Waals surface area contributed by atoms with Crippen molar-refractivity contribution in [1.82, 2.24) is 9.55 Å². The lowest BCUT2D eigenvalue weighted by atomic mass is 9.90. The number of aromatic nitrogens is 2. The van der Waals surface area contributed by atoms with Crippen LogP contribution in [0, 0.1) is 5.41 Å². The molecule has 0 fully saturated rings. The van der Waals surface area contributed by atoms with Crippen molar-refractivity contribution in [3.63, 3.8) is 0 Å². The first kappa shape index (κ1) is 15.5. The van der Waals surface area contributed by atoms with E-state index in [9.17, 15) is 9.90 Å². The van der Waals surface area contributed by atoms with Gasteiger partial charge in [0.25, 0.3) is 0 Å². The molecule has 0 atom stereocenters. The molecule has 0 spiro atoms. The van der Waals surface area contributed by atoms with E-state index in [0.29, 0.717) is 5.52 Å². The van der Waals surface area contributed by atoms with Gasteiger partial charge in [-0.25, -0.2) is 9.78 Å². The maximum atomic E-state index is 11.4. The Balaban J connectivity index is 2.69. The molecule has 2 rings (SSSR count). The minimum atomic E-state index is -0.921. The monoisotopic (exact) mass is 288 g/mol. The molecule has 1 heterocycles. The van der Waals surface area contributed by atoms with Gasteiger partial charge in [0, 0.05) is 12.5 Å². The van der Waals surface area contributed by atoms with E-state index in [1.54, 1.807) is 12.1 Å². The molecule has 2 aromatic rings. The predicted molar refractivity (Wildman–Crippen MR) is 84.9 cm³/mol. The number of fused-ring (bicyclic) bond motifs is 1. The topological polar surface area (TPSA) is 55.1 Å². The molecule has 0 amide bonds. The minimum Gasteiger partial charge on any atom is -0.478 e. The largest absolute Gasteiger partial charge is 0.478 e. The van der Waals surface area contributed by atoms with Crippen molar-refractivity contribution in [2.75, 3.05) is 0 Å². The van der Waals surface area contributed by atoms with Gasteiger partial charge in [0.2, 0.25) is 0 Å². The second-order valence-corrected chi connectivity index (χ2v) is 6.71. The SMILES string of the molecule is CCC(C)(C)Cn1c(C(C)C)nc2c(C(=O)O)cccc21. The van der Waals surface area contributed by atoms with Gasteiger partial charge in [-0.15, -0.1) is 0 Å². The van der Waals surface area contributed by atoms with Crippen molar-refractivity contribution in [3.05, 3.63) is 29.6 Å². The van der Waals surface area contributed by atoms with Crippen LogP contribution in [0.25, 0.3) is 11.0 Å². The third-order valence-electron chi connectivity index (χ3n) is 4.10. The maximum absolute atomic E-state index is 11.4. The van der Waals surface area contributed by atoms with Gasteiger partial charge in [-0.1, -0.05) is 40.7 Å². The van der Waals surface area contributed by atoms with Crippen LogP contribution in [0.2, 0.25) is 0 Å². The van der Waals surface area contributed by atoms with Gasteiger partial charge >= 0.3 is 5.97 Å². The number of carboxylic acid groups (broad SMARTS) is 1. The number of nitrogens with zero attached hydrogens (tertiary/aromatic N) is 2. The predicted octanol–water partition coefficient (Wildman–Crippen LogP) is 4.29. The fourth-order valence-electron chi connectivity index (χ4n) is 2.48. The summed E-state index contributed by atoms with van der Waals surface area (Å²) in [5.41, 5.74) is 1.94. The van der Waals surface area contributed by atoms with Gasteiger partial charge in [-0.3, -0.25) is 0 Å². The number of carboxylic acids is 1. The van der Waals surface area contributed by atoms with Crippen molar-refractivity contribution in [2.24, 2.45) is 5.41 Å². The van der Waals surface area contributed by atoms with Gasteiger partial charge in [0.05, 0.1) is 11.1 Å². The van der Waals surface area contributed by atoms with Gasteiger partial charge in [0.15, 0.2) is 0 Å². The first-order valence-electron chi connectivity index (χ1n) is 7.49. The second kappa shape index (κ2) is 5.51. The van der Waals surface area contributed by atoms with Crippen LogP contribution in [-0.2, 0) is 6.54 Å². The average molecular weight is 288 g/mol. The molecule has 1 aromatic carbocycles. The number of aromatic carboxylic acids is 1. The summed E-state index contributed by atoms with van der Waals surface area (Å²) in [6.45, 7) is 11.7. The van der Waals surface area contributed by atoms with Crippen molar-refractivity contribution in [3.8, 4) is 0 Å². The average Bonchev–Trinajstić information content (AvgIpc) is 2.77. The van der Waals surface area contributed by atoms with E-state index in [0.717, 1.165) is 24.3 Å². The van der Waals surface area contributed by atoms with E-state index in [1.165, 1.54) is 0 Å². The number of imidazole rings is 1. The zero-order valence-electron chi connectivity index (χ0n) is 13.5. The van der Waals surface area contributed by atoms with Crippen LogP contribution in [0.5, 0.6) is 0 Å². The number of hydrogen-bond donors (Lipinski definition) is 1. The normalized spacial score (nSPS) is 12.3. The zero-order chi connectivity index (χ0) is 15.8. The van der Waals surface area contributed by atoms with Crippen LogP contribution in [0.4, 0.5) is 0 Å². The first-order valence-corrected chi connectivity index (χ1v) is 7.49. The minimum absolute atomic E-state index is 0.149. The van der Waals surface area contributed by atoms with E-state index in [4.69, 9.17) is 0 Å². The van der Waals surface area contributed by atoms with Gasteiger partial charge in [0.1, 0.15) is 11.3 Å². The molecule has 114 valence electrons. The van der Waals surface area contributed by atoms with Crippen molar-refractivity contribution < 1.29 is 9.90 Å². The molecule has 4 heteroatoms. The number of para-hydroxylation sites is 1. The Morgan fingerprint density at radius 2 is 2.05 bits per heavy atom.